The molecular formula is C6H11F2NO4S2. The van der Waals surface area contributed by atoms with E-state index in [2.05, 4.69) is 6.58 Å². The molecule has 0 amide bonds. The Morgan fingerprint density at radius 2 is 1.33 bits per heavy atom. The monoisotopic (exact) mass is 263 g/mol. The molecule has 5 nitrogen and oxygen atoms in total. The summed E-state index contributed by atoms with van der Waals surface area (Å²) < 4.78 is 64.7. The van der Waals surface area contributed by atoms with Gasteiger partial charge in [-0.3, -0.25) is 0 Å². The number of hydrogen-bond acceptors (Lipinski definition) is 5. The molecule has 0 radical (unpaired) electrons. The molecule has 0 atom stereocenters. The standard InChI is InChI=1S/C6H11F2NO4S2/c1-2-9(3-5-14(7,10)11)4-6-15(8,12)13/h2H,1,3-6H2. The first-order valence-electron chi connectivity index (χ1n) is 3.85. The van der Waals surface area contributed by atoms with Crippen LogP contribution in [0.4, 0.5) is 7.77 Å². The van der Waals surface area contributed by atoms with Crippen LogP contribution in [0, 0.1) is 0 Å². The van der Waals surface area contributed by atoms with Crippen LogP contribution in [-0.2, 0) is 20.4 Å². The van der Waals surface area contributed by atoms with Crippen molar-refractivity contribution in [1.29, 1.82) is 0 Å². The summed E-state index contributed by atoms with van der Waals surface area (Å²) in [4.78, 5) is 1.11. The molecule has 0 saturated heterocycles. The van der Waals surface area contributed by atoms with Crippen LogP contribution in [0.2, 0.25) is 0 Å². The fourth-order valence-corrected chi connectivity index (χ4v) is 1.65. The van der Waals surface area contributed by atoms with Gasteiger partial charge in [0, 0.05) is 13.1 Å². The van der Waals surface area contributed by atoms with E-state index >= 15 is 0 Å². The average molecular weight is 263 g/mol. The van der Waals surface area contributed by atoms with Crippen LogP contribution in [0.25, 0.3) is 0 Å². The lowest BCUT2D eigenvalue weighted by molar-refractivity contribution is 0.412. The molecule has 0 fully saturated rings. The normalized spacial score (nSPS) is 12.4. The third kappa shape index (κ3) is 9.60. The van der Waals surface area contributed by atoms with E-state index < -0.39 is 32.0 Å². The van der Waals surface area contributed by atoms with Gasteiger partial charge in [0.1, 0.15) is 0 Å². The molecule has 0 aliphatic carbocycles. The third-order valence-corrected chi connectivity index (χ3v) is 2.84. The van der Waals surface area contributed by atoms with Gasteiger partial charge in [-0.15, -0.1) is 7.77 Å². The van der Waals surface area contributed by atoms with Gasteiger partial charge in [0.05, 0.1) is 11.5 Å². The van der Waals surface area contributed by atoms with Gasteiger partial charge in [-0.2, -0.15) is 16.8 Å². The molecule has 0 rings (SSSR count). The summed E-state index contributed by atoms with van der Waals surface area (Å²) in [6.45, 7) is 2.72. The molecule has 0 heterocycles. The number of nitrogens with zero attached hydrogens (tertiary/aromatic N) is 1. The van der Waals surface area contributed by atoms with Crippen molar-refractivity contribution in [3.05, 3.63) is 12.8 Å². The minimum atomic E-state index is -4.62. The molecule has 0 aromatic carbocycles. The Morgan fingerprint density at radius 3 is 1.53 bits per heavy atom. The summed E-state index contributed by atoms with van der Waals surface area (Å²) in [6, 6.07) is 0. The zero-order valence-corrected chi connectivity index (χ0v) is 9.40. The number of hydrogen-bond donors (Lipinski definition) is 0. The molecule has 9 heteroatoms. The Balaban J connectivity index is 4.11. The van der Waals surface area contributed by atoms with E-state index in [0.717, 1.165) is 11.1 Å². The molecule has 0 N–H and O–H groups in total. The molecule has 90 valence electrons. The maximum absolute atomic E-state index is 12.1. The van der Waals surface area contributed by atoms with E-state index in [0.29, 0.717) is 0 Å². The summed E-state index contributed by atoms with van der Waals surface area (Å²) >= 11 is 0. The van der Waals surface area contributed by atoms with Gasteiger partial charge in [-0.1, -0.05) is 6.58 Å². The largest absolute Gasteiger partial charge is 0.376 e. The Morgan fingerprint density at radius 1 is 1.00 bits per heavy atom. The van der Waals surface area contributed by atoms with Crippen molar-refractivity contribution in [2.45, 2.75) is 0 Å². The van der Waals surface area contributed by atoms with Crippen LogP contribution in [0.3, 0.4) is 0 Å². The lowest BCUT2D eigenvalue weighted by Crippen LogP contribution is -2.27. The van der Waals surface area contributed by atoms with Crippen molar-refractivity contribution in [3.8, 4) is 0 Å². The third-order valence-electron chi connectivity index (χ3n) is 1.50. The molecule has 0 saturated carbocycles. The Kier molecular flexibility index (Phi) is 5.15. The highest BCUT2D eigenvalue weighted by Crippen LogP contribution is 1.98. The maximum Gasteiger partial charge on any atom is 0.304 e. The van der Waals surface area contributed by atoms with E-state index in [4.69, 9.17) is 0 Å². The highest BCUT2D eigenvalue weighted by molar-refractivity contribution is 7.86. The van der Waals surface area contributed by atoms with Crippen LogP contribution in [0.1, 0.15) is 0 Å². The van der Waals surface area contributed by atoms with Crippen LogP contribution < -0.4 is 0 Å². The van der Waals surface area contributed by atoms with E-state index in [1.165, 1.54) is 0 Å². The highest BCUT2D eigenvalue weighted by Gasteiger charge is 2.12. The second kappa shape index (κ2) is 5.40. The van der Waals surface area contributed by atoms with Crippen molar-refractivity contribution in [1.82, 2.24) is 4.90 Å². The Hall–Kier alpha value is -0.700. The summed E-state index contributed by atoms with van der Waals surface area (Å²) in [5, 5.41) is 0. The molecule has 0 spiro atoms. The zero-order valence-electron chi connectivity index (χ0n) is 7.77. The summed E-state index contributed by atoms with van der Waals surface area (Å²) in [7, 11) is -9.23. The van der Waals surface area contributed by atoms with Crippen molar-refractivity contribution in [3.63, 3.8) is 0 Å². The molecule has 15 heavy (non-hydrogen) atoms. The molecular weight excluding hydrogens is 252 g/mol. The Labute approximate surface area is 87.8 Å². The molecule has 0 aromatic heterocycles. The average Bonchev–Trinajstić information content (AvgIpc) is 2.00. The van der Waals surface area contributed by atoms with Crippen molar-refractivity contribution < 1.29 is 24.6 Å². The fourth-order valence-electron chi connectivity index (χ4n) is 0.747. The quantitative estimate of drug-likeness (QED) is 0.606. The molecule has 0 aromatic rings. The van der Waals surface area contributed by atoms with Crippen LogP contribution in [0.15, 0.2) is 12.8 Å². The first kappa shape index (κ1) is 14.3. The van der Waals surface area contributed by atoms with E-state index in [1.54, 1.807) is 0 Å². The second-order valence-corrected chi connectivity index (χ2v) is 5.68. The van der Waals surface area contributed by atoms with Gasteiger partial charge in [-0.05, 0) is 6.20 Å². The number of halogens is 2. The first-order valence-corrected chi connectivity index (χ1v) is 6.96. The Bertz CT molecular complexity index is 367. The summed E-state index contributed by atoms with van der Waals surface area (Å²) in [5.74, 6) is -1.57. The topological polar surface area (TPSA) is 71.5 Å². The van der Waals surface area contributed by atoms with E-state index in [9.17, 15) is 24.6 Å². The molecule has 0 bridgehead atoms. The van der Waals surface area contributed by atoms with E-state index in [-0.39, 0.29) is 13.1 Å². The lowest BCUT2D eigenvalue weighted by atomic mass is 10.5. The fraction of sp³-hybridized carbons (Fsp3) is 0.667. The summed E-state index contributed by atoms with van der Waals surface area (Å²) in [6.07, 6.45) is 1.12. The smallest absolute Gasteiger partial charge is 0.304 e. The minimum Gasteiger partial charge on any atom is -0.376 e. The zero-order chi connectivity index (χ0) is 12.1. The second-order valence-electron chi connectivity index (χ2n) is 2.70. The van der Waals surface area contributed by atoms with Crippen molar-refractivity contribution >= 4 is 20.4 Å². The van der Waals surface area contributed by atoms with Gasteiger partial charge in [0.15, 0.2) is 0 Å². The van der Waals surface area contributed by atoms with Crippen molar-refractivity contribution in [2.24, 2.45) is 0 Å². The van der Waals surface area contributed by atoms with Gasteiger partial charge in [-0.25, -0.2) is 0 Å². The van der Waals surface area contributed by atoms with Crippen molar-refractivity contribution in [2.75, 3.05) is 24.6 Å². The van der Waals surface area contributed by atoms with Gasteiger partial charge in [0.25, 0.3) is 0 Å². The van der Waals surface area contributed by atoms with Gasteiger partial charge >= 0.3 is 20.4 Å². The van der Waals surface area contributed by atoms with E-state index in [1.807, 2.05) is 0 Å². The maximum atomic E-state index is 12.1. The molecule has 0 unspecified atom stereocenters. The minimum absolute atomic E-state index is 0.266. The van der Waals surface area contributed by atoms with Gasteiger partial charge in [0.2, 0.25) is 0 Å². The lowest BCUT2D eigenvalue weighted by Gasteiger charge is -2.17. The summed E-state index contributed by atoms with van der Waals surface area (Å²) in [5.41, 5.74) is 0. The SMILES string of the molecule is C=CN(CCS(=O)(=O)F)CCS(=O)(=O)F. The molecule has 0 aliphatic heterocycles. The van der Waals surface area contributed by atoms with Crippen LogP contribution in [0.5, 0.6) is 0 Å². The predicted octanol–water partition coefficient (Wildman–Crippen LogP) is 0.0305. The van der Waals surface area contributed by atoms with Crippen LogP contribution >= 0.6 is 0 Å². The first-order chi connectivity index (χ1) is 6.64. The highest BCUT2D eigenvalue weighted by atomic mass is 32.3. The van der Waals surface area contributed by atoms with Crippen LogP contribution in [-0.4, -0.2) is 46.3 Å². The molecule has 0 aliphatic rings. The number of rotatable bonds is 7. The predicted molar refractivity (Wildman–Crippen MR) is 51.6 cm³/mol. The van der Waals surface area contributed by atoms with Gasteiger partial charge < -0.3 is 4.90 Å².